The molecule has 0 aliphatic heterocycles. The summed E-state index contributed by atoms with van der Waals surface area (Å²) >= 11 is 0. The summed E-state index contributed by atoms with van der Waals surface area (Å²) < 4.78 is 0. The largest absolute Gasteiger partial charge is 0.349 e. The zero-order valence-electron chi connectivity index (χ0n) is 13.8. The van der Waals surface area contributed by atoms with Crippen LogP contribution < -0.4 is 10.6 Å². The van der Waals surface area contributed by atoms with Gasteiger partial charge in [0, 0.05) is 22.9 Å². The number of rotatable bonds is 4. The van der Waals surface area contributed by atoms with Crippen molar-refractivity contribution in [3.05, 3.63) is 65.2 Å². The molecule has 1 aliphatic carbocycles. The van der Waals surface area contributed by atoms with Gasteiger partial charge in [0.25, 0.3) is 11.8 Å². The Kier molecular flexibility index (Phi) is 4.94. The minimum absolute atomic E-state index is 0.0623. The van der Waals surface area contributed by atoms with E-state index in [1.807, 2.05) is 31.2 Å². The highest BCUT2D eigenvalue weighted by Crippen LogP contribution is 2.18. The van der Waals surface area contributed by atoms with Crippen molar-refractivity contribution in [2.45, 2.75) is 38.6 Å². The third-order valence-electron chi connectivity index (χ3n) is 4.49. The molecule has 0 unspecified atom stereocenters. The number of anilines is 1. The first kappa shape index (κ1) is 16.2. The number of nitrogens with one attached hydrogen (secondary N) is 2. The Morgan fingerprint density at radius 3 is 2.08 bits per heavy atom. The SMILES string of the molecule is Cc1ccccc1NC(=O)c1ccc(C(=O)NC2CCCC2)cc1. The van der Waals surface area contributed by atoms with E-state index in [1.165, 1.54) is 12.8 Å². The molecular weight excluding hydrogens is 300 g/mol. The molecule has 0 aromatic heterocycles. The second kappa shape index (κ2) is 7.30. The van der Waals surface area contributed by atoms with E-state index in [0.29, 0.717) is 17.2 Å². The highest BCUT2D eigenvalue weighted by molar-refractivity contribution is 6.05. The Labute approximate surface area is 142 Å². The molecule has 0 saturated heterocycles. The maximum atomic E-state index is 12.3. The number of aryl methyl sites for hydroxylation is 1. The van der Waals surface area contributed by atoms with Crippen LogP contribution in [-0.2, 0) is 0 Å². The number of benzene rings is 2. The fourth-order valence-corrected chi connectivity index (χ4v) is 3.02. The van der Waals surface area contributed by atoms with Gasteiger partial charge in [0.15, 0.2) is 0 Å². The molecule has 0 heterocycles. The molecule has 0 radical (unpaired) electrons. The Morgan fingerprint density at radius 1 is 0.875 bits per heavy atom. The second-order valence-electron chi connectivity index (χ2n) is 6.30. The fraction of sp³-hybridized carbons (Fsp3) is 0.300. The summed E-state index contributed by atoms with van der Waals surface area (Å²) in [5.41, 5.74) is 2.94. The standard InChI is InChI=1S/C20H22N2O2/c1-14-6-2-5-9-18(14)22-20(24)16-12-10-15(11-13-16)19(23)21-17-7-3-4-8-17/h2,5-6,9-13,17H,3-4,7-8H2,1H3,(H,21,23)(H,22,24). The number of hydrogen-bond acceptors (Lipinski definition) is 2. The number of carbonyl (C=O) groups is 2. The van der Waals surface area contributed by atoms with Crippen molar-refractivity contribution in [3.63, 3.8) is 0 Å². The van der Waals surface area contributed by atoms with E-state index in [-0.39, 0.29) is 11.8 Å². The van der Waals surface area contributed by atoms with Crippen LogP contribution in [0.4, 0.5) is 5.69 Å². The molecule has 2 aromatic rings. The van der Waals surface area contributed by atoms with E-state index >= 15 is 0 Å². The molecule has 0 spiro atoms. The quantitative estimate of drug-likeness (QED) is 0.896. The molecule has 2 amide bonds. The molecule has 1 saturated carbocycles. The average Bonchev–Trinajstić information content (AvgIpc) is 3.10. The molecule has 0 atom stereocenters. The van der Waals surface area contributed by atoms with Gasteiger partial charge in [-0.25, -0.2) is 0 Å². The average molecular weight is 322 g/mol. The van der Waals surface area contributed by atoms with Crippen LogP contribution in [-0.4, -0.2) is 17.9 Å². The number of carbonyl (C=O) groups excluding carboxylic acids is 2. The number of hydrogen-bond donors (Lipinski definition) is 2. The molecule has 0 bridgehead atoms. The molecule has 3 rings (SSSR count). The zero-order chi connectivity index (χ0) is 16.9. The lowest BCUT2D eigenvalue weighted by atomic mass is 10.1. The summed E-state index contributed by atoms with van der Waals surface area (Å²) in [5, 5.41) is 5.95. The van der Waals surface area contributed by atoms with Gasteiger partial charge in [0.2, 0.25) is 0 Å². The molecule has 1 fully saturated rings. The van der Waals surface area contributed by atoms with Crippen molar-refractivity contribution >= 4 is 17.5 Å². The van der Waals surface area contributed by atoms with E-state index in [0.717, 1.165) is 24.1 Å². The Balaban J connectivity index is 1.64. The first-order valence-corrected chi connectivity index (χ1v) is 8.41. The predicted octanol–water partition coefficient (Wildman–Crippen LogP) is 3.92. The van der Waals surface area contributed by atoms with Gasteiger partial charge >= 0.3 is 0 Å². The van der Waals surface area contributed by atoms with E-state index in [4.69, 9.17) is 0 Å². The molecule has 2 N–H and O–H groups in total. The van der Waals surface area contributed by atoms with Crippen LogP contribution in [0.1, 0.15) is 52.0 Å². The maximum Gasteiger partial charge on any atom is 0.255 e. The van der Waals surface area contributed by atoms with E-state index in [9.17, 15) is 9.59 Å². The molecule has 124 valence electrons. The van der Waals surface area contributed by atoms with E-state index in [2.05, 4.69) is 10.6 Å². The Morgan fingerprint density at radius 2 is 1.46 bits per heavy atom. The first-order chi connectivity index (χ1) is 11.6. The summed E-state index contributed by atoms with van der Waals surface area (Å²) in [7, 11) is 0. The van der Waals surface area contributed by atoms with Crippen molar-refractivity contribution in [1.82, 2.24) is 5.32 Å². The summed E-state index contributed by atoms with van der Waals surface area (Å²) in [6, 6.07) is 14.7. The van der Waals surface area contributed by atoms with Crippen molar-refractivity contribution in [3.8, 4) is 0 Å². The van der Waals surface area contributed by atoms with Gasteiger partial charge < -0.3 is 10.6 Å². The lowest BCUT2D eigenvalue weighted by molar-refractivity contribution is 0.0936. The second-order valence-corrected chi connectivity index (χ2v) is 6.30. The summed E-state index contributed by atoms with van der Waals surface area (Å²) in [4.78, 5) is 24.5. The number of amides is 2. The van der Waals surface area contributed by atoms with Gasteiger partial charge in [0.1, 0.15) is 0 Å². The van der Waals surface area contributed by atoms with Crippen LogP contribution in [0.25, 0.3) is 0 Å². The monoisotopic (exact) mass is 322 g/mol. The predicted molar refractivity (Wildman–Crippen MR) is 95.3 cm³/mol. The highest BCUT2D eigenvalue weighted by atomic mass is 16.2. The topological polar surface area (TPSA) is 58.2 Å². The van der Waals surface area contributed by atoms with Crippen LogP contribution in [0.15, 0.2) is 48.5 Å². The minimum atomic E-state index is -0.174. The lowest BCUT2D eigenvalue weighted by Crippen LogP contribution is -2.32. The van der Waals surface area contributed by atoms with Crippen molar-refractivity contribution in [1.29, 1.82) is 0 Å². The molecule has 1 aliphatic rings. The van der Waals surface area contributed by atoms with Gasteiger partial charge in [-0.15, -0.1) is 0 Å². The molecule has 24 heavy (non-hydrogen) atoms. The minimum Gasteiger partial charge on any atom is -0.349 e. The van der Waals surface area contributed by atoms with Crippen LogP contribution in [0.2, 0.25) is 0 Å². The Hall–Kier alpha value is -2.62. The van der Waals surface area contributed by atoms with Gasteiger partial charge in [-0.3, -0.25) is 9.59 Å². The highest BCUT2D eigenvalue weighted by Gasteiger charge is 2.18. The molecule has 4 nitrogen and oxygen atoms in total. The van der Waals surface area contributed by atoms with Gasteiger partial charge in [0.05, 0.1) is 0 Å². The van der Waals surface area contributed by atoms with Crippen LogP contribution in [0, 0.1) is 6.92 Å². The summed E-state index contributed by atoms with van der Waals surface area (Å²) in [6.45, 7) is 1.95. The third-order valence-corrected chi connectivity index (χ3v) is 4.49. The smallest absolute Gasteiger partial charge is 0.255 e. The van der Waals surface area contributed by atoms with Crippen molar-refractivity contribution in [2.24, 2.45) is 0 Å². The lowest BCUT2D eigenvalue weighted by Gasteiger charge is -2.12. The van der Waals surface area contributed by atoms with Crippen LogP contribution >= 0.6 is 0 Å². The molecule has 4 heteroatoms. The van der Waals surface area contributed by atoms with Gasteiger partial charge in [-0.1, -0.05) is 31.0 Å². The third kappa shape index (κ3) is 3.82. The van der Waals surface area contributed by atoms with E-state index < -0.39 is 0 Å². The van der Waals surface area contributed by atoms with Gasteiger partial charge in [-0.2, -0.15) is 0 Å². The summed E-state index contributed by atoms with van der Waals surface area (Å²) in [5.74, 6) is -0.236. The summed E-state index contributed by atoms with van der Waals surface area (Å²) in [6.07, 6.45) is 4.48. The van der Waals surface area contributed by atoms with Gasteiger partial charge in [-0.05, 0) is 55.7 Å². The molecule has 2 aromatic carbocycles. The maximum absolute atomic E-state index is 12.3. The van der Waals surface area contributed by atoms with Crippen LogP contribution in [0.5, 0.6) is 0 Å². The van der Waals surface area contributed by atoms with Crippen molar-refractivity contribution < 1.29 is 9.59 Å². The first-order valence-electron chi connectivity index (χ1n) is 8.41. The normalized spacial score (nSPS) is 14.4. The van der Waals surface area contributed by atoms with Crippen LogP contribution in [0.3, 0.4) is 0 Å². The fourth-order valence-electron chi connectivity index (χ4n) is 3.02. The van der Waals surface area contributed by atoms with E-state index in [1.54, 1.807) is 24.3 Å². The zero-order valence-corrected chi connectivity index (χ0v) is 13.8. The Bertz CT molecular complexity index is 732. The number of para-hydroxylation sites is 1. The van der Waals surface area contributed by atoms with Crippen molar-refractivity contribution in [2.75, 3.05) is 5.32 Å². The molecular formula is C20H22N2O2.